The predicted molar refractivity (Wildman–Crippen MR) is 82.1 cm³/mol. The highest BCUT2D eigenvalue weighted by Crippen LogP contribution is 2.26. The van der Waals surface area contributed by atoms with Crippen molar-refractivity contribution in [2.75, 3.05) is 24.5 Å². The van der Waals surface area contributed by atoms with Crippen molar-refractivity contribution in [1.29, 1.82) is 0 Å². The minimum absolute atomic E-state index is 0.581. The summed E-state index contributed by atoms with van der Waals surface area (Å²) in [5.74, 6) is 1.67. The number of hydrogen-bond donors (Lipinski definition) is 1. The van der Waals surface area contributed by atoms with Gasteiger partial charge in [-0.2, -0.15) is 0 Å². The molecule has 4 heteroatoms. The molecule has 0 bridgehead atoms. The van der Waals surface area contributed by atoms with Gasteiger partial charge in [0.25, 0.3) is 0 Å². The maximum Gasteiger partial charge on any atom is 0.139 e. The first kappa shape index (κ1) is 13.4. The second-order valence-corrected chi connectivity index (χ2v) is 6.06. The molecule has 3 heterocycles. The van der Waals surface area contributed by atoms with Crippen molar-refractivity contribution in [2.24, 2.45) is 5.92 Å². The molecule has 4 nitrogen and oxygen atoms in total. The second kappa shape index (κ2) is 5.83. The summed E-state index contributed by atoms with van der Waals surface area (Å²) in [5.41, 5.74) is 0.920. The molecule has 0 aliphatic carbocycles. The lowest BCUT2D eigenvalue weighted by Crippen LogP contribution is -2.39. The lowest BCUT2D eigenvalue weighted by molar-refractivity contribution is 0.538. The zero-order chi connectivity index (χ0) is 13.9. The van der Waals surface area contributed by atoms with E-state index in [1.54, 1.807) is 6.26 Å². The molecule has 0 spiro atoms. The van der Waals surface area contributed by atoms with Crippen molar-refractivity contribution in [3.8, 4) is 0 Å². The van der Waals surface area contributed by atoms with Crippen molar-refractivity contribution < 1.29 is 4.42 Å². The number of hydrogen-bond acceptors (Lipinski definition) is 4. The molecule has 1 saturated heterocycles. The number of pyridine rings is 1. The Morgan fingerprint density at radius 2 is 2.35 bits per heavy atom. The summed E-state index contributed by atoms with van der Waals surface area (Å²) in [6, 6.07) is 4.53. The highest BCUT2D eigenvalue weighted by molar-refractivity contribution is 5.88. The molecule has 108 valence electrons. The zero-order valence-electron chi connectivity index (χ0n) is 12.3. The van der Waals surface area contributed by atoms with Crippen LogP contribution in [0.15, 0.2) is 29.0 Å². The van der Waals surface area contributed by atoms with Crippen molar-refractivity contribution in [2.45, 2.75) is 32.7 Å². The summed E-state index contributed by atoms with van der Waals surface area (Å²) in [4.78, 5) is 7.02. The van der Waals surface area contributed by atoms with E-state index in [9.17, 15) is 0 Å². The van der Waals surface area contributed by atoms with Crippen LogP contribution in [0, 0.1) is 5.92 Å². The van der Waals surface area contributed by atoms with Gasteiger partial charge in [0.05, 0.1) is 11.6 Å². The van der Waals surface area contributed by atoms with Crippen LogP contribution in [-0.2, 0) is 0 Å². The van der Waals surface area contributed by atoms with Gasteiger partial charge in [0.15, 0.2) is 0 Å². The Hall–Kier alpha value is -1.55. The lowest BCUT2D eigenvalue weighted by atomic mass is 10.1. The minimum atomic E-state index is 0.581. The molecule has 2 aromatic heterocycles. The molecule has 0 radical (unpaired) electrons. The first-order valence-corrected chi connectivity index (χ1v) is 7.54. The molecule has 0 aromatic carbocycles. The third-order valence-corrected chi connectivity index (χ3v) is 3.85. The summed E-state index contributed by atoms with van der Waals surface area (Å²) >= 11 is 0. The summed E-state index contributed by atoms with van der Waals surface area (Å²) < 4.78 is 5.50. The van der Waals surface area contributed by atoms with E-state index >= 15 is 0 Å². The topological polar surface area (TPSA) is 41.3 Å². The quantitative estimate of drug-likeness (QED) is 0.909. The van der Waals surface area contributed by atoms with Gasteiger partial charge in [0, 0.05) is 25.3 Å². The monoisotopic (exact) mass is 273 g/mol. The largest absolute Gasteiger partial charge is 0.464 e. The molecule has 1 aliphatic rings. The van der Waals surface area contributed by atoms with Crippen LogP contribution in [0.1, 0.15) is 26.7 Å². The number of aromatic nitrogens is 1. The van der Waals surface area contributed by atoms with E-state index in [-0.39, 0.29) is 0 Å². The lowest BCUT2D eigenvalue weighted by Gasteiger charge is -2.28. The fourth-order valence-electron chi connectivity index (χ4n) is 3.00. The van der Waals surface area contributed by atoms with E-state index in [0.717, 1.165) is 36.4 Å². The van der Waals surface area contributed by atoms with Crippen LogP contribution in [0.25, 0.3) is 11.0 Å². The Morgan fingerprint density at radius 3 is 3.10 bits per heavy atom. The average Bonchev–Trinajstić information content (AvgIpc) is 3.07. The summed E-state index contributed by atoms with van der Waals surface area (Å²) in [6.45, 7) is 7.70. The Kier molecular flexibility index (Phi) is 3.92. The van der Waals surface area contributed by atoms with Gasteiger partial charge in [-0.15, -0.1) is 0 Å². The first-order valence-electron chi connectivity index (χ1n) is 7.54. The Bertz CT molecular complexity index is 558. The van der Waals surface area contributed by atoms with E-state index in [4.69, 9.17) is 4.42 Å². The Morgan fingerprint density at radius 1 is 1.45 bits per heavy atom. The molecule has 1 N–H and O–H groups in total. The third kappa shape index (κ3) is 2.80. The maximum absolute atomic E-state index is 5.50. The van der Waals surface area contributed by atoms with Crippen LogP contribution in [0.5, 0.6) is 0 Å². The normalized spacial score (nSPS) is 19.1. The van der Waals surface area contributed by atoms with Crippen molar-refractivity contribution in [1.82, 2.24) is 10.3 Å². The van der Waals surface area contributed by atoms with Gasteiger partial charge in [-0.1, -0.05) is 13.8 Å². The van der Waals surface area contributed by atoms with Crippen LogP contribution in [0.4, 0.5) is 5.82 Å². The summed E-state index contributed by atoms with van der Waals surface area (Å²) in [7, 11) is 0. The molecule has 1 unspecified atom stereocenters. The smallest absolute Gasteiger partial charge is 0.139 e. The van der Waals surface area contributed by atoms with E-state index < -0.39 is 0 Å². The number of fused-ring (bicyclic) bond motifs is 1. The first-order chi connectivity index (χ1) is 9.74. The zero-order valence-corrected chi connectivity index (χ0v) is 12.3. The van der Waals surface area contributed by atoms with Gasteiger partial charge >= 0.3 is 0 Å². The number of anilines is 1. The summed E-state index contributed by atoms with van der Waals surface area (Å²) in [6.07, 6.45) is 6.13. The molecular formula is C16H23N3O. The van der Waals surface area contributed by atoms with E-state index in [1.807, 2.05) is 18.3 Å². The van der Waals surface area contributed by atoms with Crippen LogP contribution in [-0.4, -0.2) is 30.7 Å². The predicted octanol–water partition coefficient (Wildman–Crippen LogP) is 3.04. The molecule has 1 atom stereocenters. The van der Waals surface area contributed by atoms with Crippen LogP contribution >= 0.6 is 0 Å². The fourth-order valence-corrected chi connectivity index (χ4v) is 3.00. The fraction of sp³-hybridized carbons (Fsp3) is 0.562. The third-order valence-electron chi connectivity index (χ3n) is 3.85. The van der Waals surface area contributed by atoms with Gasteiger partial charge in [0.2, 0.25) is 0 Å². The highest BCUT2D eigenvalue weighted by Gasteiger charge is 2.21. The number of nitrogens with zero attached hydrogens (tertiary/aromatic N) is 2. The standard InChI is InChI=1S/C16H23N3O/c1-12(2)10-19(11-13-4-3-7-17-13)16-14-6-9-20-15(14)5-8-18-16/h5-6,8-9,12-13,17H,3-4,7,10-11H2,1-2H3. The average molecular weight is 273 g/mol. The number of nitrogens with one attached hydrogen (secondary N) is 1. The van der Waals surface area contributed by atoms with Crippen LogP contribution in [0.3, 0.4) is 0 Å². The van der Waals surface area contributed by atoms with E-state index in [2.05, 4.69) is 29.0 Å². The number of furan rings is 1. The Balaban J connectivity index is 1.88. The molecule has 0 amide bonds. The molecule has 3 rings (SSSR count). The van der Waals surface area contributed by atoms with Crippen molar-refractivity contribution >= 4 is 16.8 Å². The van der Waals surface area contributed by atoms with Gasteiger partial charge in [0.1, 0.15) is 11.4 Å². The molecule has 2 aromatic rings. The molecule has 1 aliphatic heterocycles. The van der Waals surface area contributed by atoms with Crippen molar-refractivity contribution in [3.05, 3.63) is 24.6 Å². The maximum atomic E-state index is 5.50. The Labute approximate surface area is 120 Å². The van der Waals surface area contributed by atoms with Crippen LogP contribution in [0.2, 0.25) is 0 Å². The van der Waals surface area contributed by atoms with Gasteiger partial charge in [-0.3, -0.25) is 0 Å². The summed E-state index contributed by atoms with van der Waals surface area (Å²) in [5, 5.41) is 4.70. The van der Waals surface area contributed by atoms with Gasteiger partial charge in [-0.25, -0.2) is 4.98 Å². The minimum Gasteiger partial charge on any atom is -0.464 e. The van der Waals surface area contributed by atoms with Gasteiger partial charge < -0.3 is 14.6 Å². The van der Waals surface area contributed by atoms with Gasteiger partial charge in [-0.05, 0) is 37.4 Å². The van der Waals surface area contributed by atoms with E-state index in [1.165, 1.54) is 12.8 Å². The SMILES string of the molecule is CC(C)CN(CC1CCCN1)c1nccc2occc12. The molecule has 20 heavy (non-hydrogen) atoms. The molecular weight excluding hydrogens is 250 g/mol. The van der Waals surface area contributed by atoms with Crippen LogP contribution < -0.4 is 10.2 Å². The molecule has 1 fully saturated rings. The van der Waals surface area contributed by atoms with E-state index in [0.29, 0.717) is 12.0 Å². The van der Waals surface area contributed by atoms with Crippen molar-refractivity contribution in [3.63, 3.8) is 0 Å². The highest BCUT2D eigenvalue weighted by atomic mass is 16.3. The number of rotatable bonds is 5. The second-order valence-electron chi connectivity index (χ2n) is 6.06. The molecule has 0 saturated carbocycles.